The molecule has 0 bridgehead atoms. The van der Waals surface area contributed by atoms with Gasteiger partial charge in [-0.05, 0) is 12.1 Å². The molecule has 0 radical (unpaired) electrons. The highest BCUT2D eigenvalue weighted by atomic mass is 16.5. The number of aryl methyl sites for hydroxylation is 1. The Kier molecular flexibility index (Phi) is 4.20. The average molecular weight is 368 g/mol. The number of ether oxygens (including phenoxy) is 1. The summed E-state index contributed by atoms with van der Waals surface area (Å²) in [7, 11) is 0. The summed E-state index contributed by atoms with van der Waals surface area (Å²) in [6.07, 6.45) is 2.79. The standard InChI is InChI=1S/C19H24N6O2/c26-19(16-12-18-25(21-16)6-3-11-27-18)24-13-15(14-24)22-7-9-23(10-8-22)17-4-1-2-5-20-17/h1-2,4-5,12,15H,3,6-11,13-14H2. The second kappa shape index (κ2) is 6.84. The fraction of sp³-hybridized carbons (Fsp3) is 0.526. The number of carbonyl (C=O) groups excluding carboxylic acids is 1. The molecule has 3 aliphatic rings. The molecule has 5 heterocycles. The molecule has 0 atom stereocenters. The van der Waals surface area contributed by atoms with Gasteiger partial charge in [0.05, 0.1) is 6.61 Å². The van der Waals surface area contributed by atoms with Crippen LogP contribution in [-0.2, 0) is 6.54 Å². The maximum atomic E-state index is 12.7. The van der Waals surface area contributed by atoms with Gasteiger partial charge in [0.1, 0.15) is 5.82 Å². The molecule has 2 aromatic heterocycles. The SMILES string of the molecule is O=C(c1cc2n(n1)CCCO2)N1CC(N2CCN(c3ccccn3)CC2)C1. The van der Waals surface area contributed by atoms with Crippen LogP contribution in [0.1, 0.15) is 16.9 Å². The molecular weight excluding hydrogens is 344 g/mol. The lowest BCUT2D eigenvalue weighted by molar-refractivity contribution is 0.0241. The molecule has 0 N–H and O–H groups in total. The molecule has 2 saturated heterocycles. The number of hydrogen-bond acceptors (Lipinski definition) is 6. The lowest BCUT2D eigenvalue weighted by Crippen LogP contribution is -2.64. The van der Waals surface area contributed by atoms with Gasteiger partial charge in [-0.15, -0.1) is 0 Å². The summed E-state index contributed by atoms with van der Waals surface area (Å²) in [6, 6.07) is 8.27. The minimum atomic E-state index is 0.0175. The summed E-state index contributed by atoms with van der Waals surface area (Å²) in [5, 5.41) is 4.41. The lowest BCUT2D eigenvalue weighted by Gasteiger charge is -2.48. The zero-order valence-corrected chi connectivity index (χ0v) is 15.3. The van der Waals surface area contributed by atoms with Crippen molar-refractivity contribution in [1.29, 1.82) is 0 Å². The fourth-order valence-electron chi connectivity index (χ4n) is 4.04. The van der Waals surface area contributed by atoms with Gasteiger partial charge in [-0.3, -0.25) is 9.69 Å². The second-order valence-electron chi connectivity index (χ2n) is 7.37. The first-order valence-corrected chi connectivity index (χ1v) is 9.68. The van der Waals surface area contributed by atoms with E-state index in [1.807, 2.05) is 23.2 Å². The van der Waals surface area contributed by atoms with Gasteiger partial charge in [0.2, 0.25) is 5.88 Å². The Hall–Kier alpha value is -2.61. The smallest absolute Gasteiger partial charge is 0.274 e. The van der Waals surface area contributed by atoms with Crippen molar-refractivity contribution >= 4 is 11.7 Å². The molecule has 8 heteroatoms. The van der Waals surface area contributed by atoms with E-state index >= 15 is 0 Å². The Morgan fingerprint density at radius 3 is 2.70 bits per heavy atom. The van der Waals surface area contributed by atoms with Crippen molar-refractivity contribution in [2.75, 3.05) is 50.8 Å². The fourth-order valence-corrected chi connectivity index (χ4v) is 4.04. The summed E-state index contributed by atoms with van der Waals surface area (Å²) >= 11 is 0. The van der Waals surface area contributed by atoms with Gasteiger partial charge in [-0.2, -0.15) is 5.10 Å². The van der Waals surface area contributed by atoms with E-state index < -0.39 is 0 Å². The maximum absolute atomic E-state index is 12.7. The largest absolute Gasteiger partial charge is 0.478 e. The molecule has 5 rings (SSSR count). The number of fused-ring (bicyclic) bond motifs is 1. The Labute approximate surface area is 158 Å². The van der Waals surface area contributed by atoms with E-state index in [1.165, 1.54) is 0 Å². The minimum Gasteiger partial charge on any atom is -0.478 e. The van der Waals surface area contributed by atoms with Crippen molar-refractivity contribution < 1.29 is 9.53 Å². The molecule has 27 heavy (non-hydrogen) atoms. The van der Waals surface area contributed by atoms with Crippen LogP contribution < -0.4 is 9.64 Å². The Bertz CT molecular complexity index is 785. The van der Waals surface area contributed by atoms with Crippen LogP contribution in [0.3, 0.4) is 0 Å². The molecule has 0 aliphatic carbocycles. The highest BCUT2D eigenvalue weighted by Gasteiger charge is 2.37. The van der Waals surface area contributed by atoms with E-state index in [1.54, 1.807) is 10.7 Å². The predicted octanol–water partition coefficient (Wildman–Crippen LogP) is 0.707. The molecule has 1 amide bonds. The highest BCUT2D eigenvalue weighted by molar-refractivity contribution is 5.93. The monoisotopic (exact) mass is 368 g/mol. The van der Waals surface area contributed by atoms with Gasteiger partial charge in [0, 0.05) is 70.5 Å². The summed E-state index contributed by atoms with van der Waals surface area (Å²) in [6.45, 7) is 7.07. The van der Waals surface area contributed by atoms with Crippen LogP contribution in [0.5, 0.6) is 5.88 Å². The van der Waals surface area contributed by atoms with Crippen LogP contribution in [0.2, 0.25) is 0 Å². The van der Waals surface area contributed by atoms with Crippen LogP contribution in [0.25, 0.3) is 0 Å². The molecule has 2 fully saturated rings. The first kappa shape index (κ1) is 16.6. The molecule has 2 aromatic rings. The van der Waals surface area contributed by atoms with Crippen molar-refractivity contribution in [2.45, 2.75) is 19.0 Å². The molecule has 0 unspecified atom stereocenters. The van der Waals surface area contributed by atoms with Crippen LogP contribution in [0.4, 0.5) is 5.82 Å². The summed E-state index contributed by atoms with van der Waals surface area (Å²) in [5.41, 5.74) is 0.505. The molecular formula is C19H24N6O2. The number of pyridine rings is 1. The van der Waals surface area contributed by atoms with Crippen LogP contribution in [0.15, 0.2) is 30.5 Å². The third kappa shape index (κ3) is 3.14. The van der Waals surface area contributed by atoms with Gasteiger partial charge in [-0.1, -0.05) is 6.07 Å². The van der Waals surface area contributed by atoms with Crippen molar-refractivity contribution in [2.24, 2.45) is 0 Å². The maximum Gasteiger partial charge on any atom is 0.274 e. The van der Waals surface area contributed by atoms with Gasteiger partial charge in [0.25, 0.3) is 5.91 Å². The molecule has 0 aromatic carbocycles. The Morgan fingerprint density at radius 1 is 1.11 bits per heavy atom. The summed E-state index contributed by atoms with van der Waals surface area (Å²) < 4.78 is 7.36. The highest BCUT2D eigenvalue weighted by Crippen LogP contribution is 2.23. The van der Waals surface area contributed by atoms with Crippen molar-refractivity contribution in [3.63, 3.8) is 0 Å². The third-order valence-electron chi connectivity index (χ3n) is 5.68. The molecule has 0 saturated carbocycles. The quantitative estimate of drug-likeness (QED) is 0.795. The predicted molar refractivity (Wildman–Crippen MR) is 100 cm³/mol. The van der Waals surface area contributed by atoms with Gasteiger partial charge < -0.3 is 14.5 Å². The number of piperazine rings is 1. The van der Waals surface area contributed by atoms with Crippen molar-refractivity contribution in [3.8, 4) is 5.88 Å². The molecule has 8 nitrogen and oxygen atoms in total. The zero-order chi connectivity index (χ0) is 18.2. The minimum absolute atomic E-state index is 0.0175. The molecule has 0 spiro atoms. The summed E-state index contributed by atoms with van der Waals surface area (Å²) in [5.74, 6) is 1.78. The van der Waals surface area contributed by atoms with E-state index in [9.17, 15) is 4.79 Å². The van der Waals surface area contributed by atoms with Crippen LogP contribution in [0, 0.1) is 0 Å². The van der Waals surface area contributed by atoms with Crippen molar-refractivity contribution in [1.82, 2.24) is 24.6 Å². The first-order chi connectivity index (χ1) is 13.3. The normalized spacial score (nSPS) is 20.7. The van der Waals surface area contributed by atoms with Gasteiger partial charge >= 0.3 is 0 Å². The number of likely N-dealkylation sites (tertiary alicyclic amines) is 1. The number of amides is 1. The van der Waals surface area contributed by atoms with Crippen LogP contribution in [-0.4, -0.2) is 82.4 Å². The zero-order valence-electron chi connectivity index (χ0n) is 15.3. The average Bonchev–Trinajstić information content (AvgIpc) is 3.12. The Balaban J connectivity index is 1.14. The van der Waals surface area contributed by atoms with E-state index in [2.05, 4.69) is 25.9 Å². The first-order valence-electron chi connectivity index (χ1n) is 9.68. The molecule has 142 valence electrons. The summed E-state index contributed by atoms with van der Waals surface area (Å²) in [4.78, 5) is 23.8. The van der Waals surface area contributed by atoms with E-state index in [0.29, 0.717) is 24.2 Å². The van der Waals surface area contributed by atoms with Crippen molar-refractivity contribution in [3.05, 3.63) is 36.2 Å². The van der Waals surface area contributed by atoms with E-state index in [4.69, 9.17) is 4.74 Å². The number of anilines is 1. The number of rotatable bonds is 3. The lowest BCUT2D eigenvalue weighted by atomic mass is 10.1. The van der Waals surface area contributed by atoms with E-state index in [0.717, 1.165) is 58.1 Å². The topological polar surface area (TPSA) is 66.7 Å². The van der Waals surface area contributed by atoms with Crippen LogP contribution >= 0.6 is 0 Å². The number of carbonyl (C=O) groups is 1. The van der Waals surface area contributed by atoms with Gasteiger partial charge in [-0.25, -0.2) is 9.67 Å². The number of aromatic nitrogens is 3. The van der Waals surface area contributed by atoms with E-state index in [-0.39, 0.29) is 5.91 Å². The Morgan fingerprint density at radius 2 is 1.96 bits per heavy atom. The molecule has 3 aliphatic heterocycles. The third-order valence-corrected chi connectivity index (χ3v) is 5.68. The van der Waals surface area contributed by atoms with Gasteiger partial charge in [0.15, 0.2) is 5.69 Å². The second-order valence-corrected chi connectivity index (χ2v) is 7.37. The number of hydrogen-bond donors (Lipinski definition) is 0. The number of nitrogens with zero attached hydrogens (tertiary/aromatic N) is 6.